The molecule has 0 saturated heterocycles. The average molecular weight is 292 g/mol. The Morgan fingerprint density at radius 3 is 2.56 bits per heavy atom. The Morgan fingerprint density at radius 1 is 1.22 bits per heavy atom. The fourth-order valence-electron chi connectivity index (χ4n) is 1.45. The van der Waals surface area contributed by atoms with E-state index >= 15 is 0 Å². The molecule has 0 heterocycles. The summed E-state index contributed by atoms with van der Waals surface area (Å²) in [6.45, 7) is 6.24. The van der Waals surface area contributed by atoms with Crippen LogP contribution in [-0.2, 0) is 11.3 Å². The summed E-state index contributed by atoms with van der Waals surface area (Å²) >= 11 is 12.0. The number of halogens is 2. The van der Waals surface area contributed by atoms with E-state index in [-0.39, 0.29) is 0 Å². The number of benzene rings is 1. The van der Waals surface area contributed by atoms with Crippen LogP contribution in [0.1, 0.15) is 19.4 Å². The standard InChI is InChI=1S/C13H19Cl2NO2/c1-9(2)8-17-3-4-18-13-10(7-16)5-11(14)6-12(13)15/h5-6,9H,3-4,7-8,16H2,1-2H3. The largest absolute Gasteiger partial charge is 0.489 e. The van der Waals surface area contributed by atoms with E-state index in [0.717, 1.165) is 12.2 Å². The van der Waals surface area contributed by atoms with E-state index < -0.39 is 0 Å². The molecule has 5 heteroatoms. The van der Waals surface area contributed by atoms with Gasteiger partial charge in [-0.05, 0) is 18.1 Å². The molecule has 1 aromatic rings. The number of hydrogen-bond donors (Lipinski definition) is 1. The summed E-state index contributed by atoms with van der Waals surface area (Å²) in [5.74, 6) is 1.11. The zero-order chi connectivity index (χ0) is 13.5. The van der Waals surface area contributed by atoms with Gasteiger partial charge in [0.15, 0.2) is 0 Å². The molecule has 0 aromatic heterocycles. The number of nitrogens with two attached hydrogens (primary N) is 1. The van der Waals surface area contributed by atoms with Gasteiger partial charge >= 0.3 is 0 Å². The van der Waals surface area contributed by atoms with Crippen molar-refractivity contribution in [1.29, 1.82) is 0 Å². The number of hydrogen-bond acceptors (Lipinski definition) is 3. The predicted octanol–water partition coefficient (Wildman–Crippen LogP) is 3.50. The van der Waals surface area contributed by atoms with Crippen molar-refractivity contribution >= 4 is 23.2 Å². The van der Waals surface area contributed by atoms with Gasteiger partial charge in [0.05, 0.1) is 11.6 Å². The van der Waals surface area contributed by atoms with E-state index in [4.69, 9.17) is 38.4 Å². The highest BCUT2D eigenvalue weighted by atomic mass is 35.5. The topological polar surface area (TPSA) is 44.5 Å². The predicted molar refractivity (Wildman–Crippen MR) is 75.5 cm³/mol. The molecule has 0 unspecified atom stereocenters. The highest BCUT2D eigenvalue weighted by Gasteiger charge is 2.09. The molecule has 0 aliphatic carbocycles. The molecule has 0 atom stereocenters. The van der Waals surface area contributed by atoms with Gasteiger partial charge in [-0.3, -0.25) is 0 Å². The van der Waals surface area contributed by atoms with Gasteiger partial charge in [0, 0.05) is 23.7 Å². The van der Waals surface area contributed by atoms with Crippen LogP contribution in [0.15, 0.2) is 12.1 Å². The molecule has 0 bridgehead atoms. The van der Waals surface area contributed by atoms with Gasteiger partial charge in [-0.1, -0.05) is 37.0 Å². The van der Waals surface area contributed by atoms with Gasteiger partial charge < -0.3 is 15.2 Å². The lowest BCUT2D eigenvalue weighted by atomic mass is 10.2. The van der Waals surface area contributed by atoms with Gasteiger partial charge in [-0.15, -0.1) is 0 Å². The maximum absolute atomic E-state index is 6.07. The quantitative estimate of drug-likeness (QED) is 0.782. The molecule has 1 aromatic carbocycles. The monoisotopic (exact) mass is 291 g/mol. The summed E-state index contributed by atoms with van der Waals surface area (Å²) in [5, 5.41) is 1.04. The van der Waals surface area contributed by atoms with Crippen molar-refractivity contribution in [2.75, 3.05) is 19.8 Å². The molecule has 2 N–H and O–H groups in total. The summed E-state index contributed by atoms with van der Waals surface area (Å²) < 4.78 is 11.0. The first-order valence-electron chi connectivity index (χ1n) is 5.93. The van der Waals surface area contributed by atoms with E-state index in [0.29, 0.717) is 41.5 Å². The normalized spacial score (nSPS) is 11.0. The van der Waals surface area contributed by atoms with Crippen molar-refractivity contribution in [2.24, 2.45) is 11.7 Å². The summed E-state index contributed by atoms with van der Waals surface area (Å²) in [5.41, 5.74) is 6.43. The van der Waals surface area contributed by atoms with Gasteiger partial charge in [-0.2, -0.15) is 0 Å². The highest BCUT2D eigenvalue weighted by Crippen LogP contribution is 2.32. The van der Waals surface area contributed by atoms with Crippen molar-refractivity contribution in [3.8, 4) is 5.75 Å². The summed E-state index contributed by atoms with van der Waals surface area (Å²) in [4.78, 5) is 0. The Kier molecular flexibility index (Phi) is 6.79. The maximum Gasteiger partial charge on any atom is 0.142 e. The second kappa shape index (κ2) is 7.85. The van der Waals surface area contributed by atoms with Gasteiger partial charge in [-0.25, -0.2) is 0 Å². The lowest BCUT2D eigenvalue weighted by molar-refractivity contribution is 0.0816. The molecule has 102 valence electrons. The average Bonchev–Trinajstić information content (AvgIpc) is 2.30. The first-order chi connectivity index (χ1) is 8.54. The smallest absolute Gasteiger partial charge is 0.142 e. The minimum atomic E-state index is 0.336. The molecule has 0 fully saturated rings. The fourth-order valence-corrected chi connectivity index (χ4v) is 2.04. The molecule has 0 aliphatic heterocycles. The Morgan fingerprint density at radius 2 is 1.94 bits per heavy atom. The van der Waals surface area contributed by atoms with Crippen LogP contribution in [0.5, 0.6) is 5.75 Å². The van der Waals surface area contributed by atoms with E-state index in [9.17, 15) is 0 Å². The third-order valence-electron chi connectivity index (χ3n) is 2.23. The van der Waals surface area contributed by atoms with Crippen molar-refractivity contribution in [3.63, 3.8) is 0 Å². The molecule has 0 amide bonds. The van der Waals surface area contributed by atoms with E-state index in [1.54, 1.807) is 12.1 Å². The van der Waals surface area contributed by atoms with Gasteiger partial charge in [0.1, 0.15) is 12.4 Å². The van der Waals surface area contributed by atoms with Crippen LogP contribution in [0.3, 0.4) is 0 Å². The van der Waals surface area contributed by atoms with Gasteiger partial charge in [0.2, 0.25) is 0 Å². The summed E-state index contributed by atoms with van der Waals surface area (Å²) in [6.07, 6.45) is 0. The maximum atomic E-state index is 6.07. The molecule has 0 saturated carbocycles. The Hall–Kier alpha value is -0.480. The van der Waals surface area contributed by atoms with E-state index in [1.165, 1.54) is 0 Å². The van der Waals surface area contributed by atoms with E-state index in [1.807, 2.05) is 0 Å². The molecular formula is C13H19Cl2NO2. The fraction of sp³-hybridized carbons (Fsp3) is 0.538. The second-order valence-corrected chi connectivity index (χ2v) is 5.24. The number of rotatable bonds is 7. The minimum absolute atomic E-state index is 0.336. The van der Waals surface area contributed by atoms with Crippen LogP contribution in [0.2, 0.25) is 10.0 Å². The second-order valence-electron chi connectivity index (χ2n) is 4.40. The molecule has 0 spiro atoms. The van der Waals surface area contributed by atoms with Crippen molar-refractivity contribution in [3.05, 3.63) is 27.7 Å². The van der Waals surface area contributed by atoms with Crippen LogP contribution < -0.4 is 10.5 Å². The Bertz CT molecular complexity index is 383. The third-order valence-corrected chi connectivity index (χ3v) is 2.73. The SMILES string of the molecule is CC(C)COCCOc1c(Cl)cc(Cl)cc1CN. The first kappa shape index (κ1) is 15.6. The molecule has 0 radical (unpaired) electrons. The zero-order valence-electron chi connectivity index (χ0n) is 10.7. The Balaban J connectivity index is 2.51. The number of ether oxygens (including phenoxy) is 2. The zero-order valence-corrected chi connectivity index (χ0v) is 12.2. The molecule has 3 nitrogen and oxygen atoms in total. The Labute approximate surface area is 118 Å². The summed E-state index contributed by atoms with van der Waals surface area (Å²) in [6, 6.07) is 3.41. The minimum Gasteiger partial charge on any atom is -0.489 e. The third kappa shape index (κ3) is 5.02. The molecule has 1 rings (SSSR count). The lowest BCUT2D eigenvalue weighted by Gasteiger charge is -2.13. The first-order valence-corrected chi connectivity index (χ1v) is 6.68. The van der Waals surface area contributed by atoms with Crippen molar-refractivity contribution in [2.45, 2.75) is 20.4 Å². The van der Waals surface area contributed by atoms with E-state index in [2.05, 4.69) is 13.8 Å². The van der Waals surface area contributed by atoms with Crippen molar-refractivity contribution in [1.82, 2.24) is 0 Å². The van der Waals surface area contributed by atoms with Gasteiger partial charge in [0.25, 0.3) is 0 Å². The molecule has 0 aliphatic rings. The van der Waals surface area contributed by atoms with Crippen LogP contribution in [0.25, 0.3) is 0 Å². The summed E-state index contributed by atoms with van der Waals surface area (Å²) in [7, 11) is 0. The highest BCUT2D eigenvalue weighted by molar-refractivity contribution is 6.35. The van der Waals surface area contributed by atoms with Crippen LogP contribution in [0.4, 0.5) is 0 Å². The molecular weight excluding hydrogens is 273 g/mol. The van der Waals surface area contributed by atoms with Crippen molar-refractivity contribution < 1.29 is 9.47 Å². The lowest BCUT2D eigenvalue weighted by Crippen LogP contribution is -2.12. The molecule has 18 heavy (non-hydrogen) atoms. The van der Waals surface area contributed by atoms with Crippen LogP contribution >= 0.6 is 23.2 Å². The van der Waals surface area contributed by atoms with Crippen LogP contribution in [0, 0.1) is 5.92 Å². The van der Waals surface area contributed by atoms with Crippen LogP contribution in [-0.4, -0.2) is 19.8 Å².